The van der Waals surface area contributed by atoms with Gasteiger partial charge in [0, 0.05) is 16.1 Å². The first-order valence-electron chi connectivity index (χ1n) is 5.43. The Morgan fingerprint density at radius 3 is 2.80 bits per heavy atom. The van der Waals surface area contributed by atoms with Gasteiger partial charge in [-0.2, -0.15) is 0 Å². The highest BCUT2D eigenvalue weighted by Gasteiger charge is 2.19. The first-order chi connectivity index (χ1) is 7.25. The van der Waals surface area contributed by atoms with Gasteiger partial charge < -0.3 is 5.32 Å². The Hall–Kier alpha value is -0.240. The third-order valence-electron chi connectivity index (χ3n) is 2.64. The summed E-state index contributed by atoms with van der Waals surface area (Å²) in [5.41, 5.74) is 1.15. The zero-order valence-corrected chi connectivity index (χ0v) is 10.1. The first kappa shape index (κ1) is 11.3. The van der Waals surface area contributed by atoms with Crippen molar-refractivity contribution in [3.05, 3.63) is 33.8 Å². The molecule has 0 saturated heterocycles. The largest absolute Gasteiger partial charge is 0.314 e. The van der Waals surface area contributed by atoms with Crippen molar-refractivity contribution in [1.82, 2.24) is 5.32 Å². The van der Waals surface area contributed by atoms with Gasteiger partial charge in [0.25, 0.3) is 0 Å². The molecule has 0 unspecified atom stereocenters. The number of hydrogen-bond acceptors (Lipinski definition) is 1. The first-order valence-corrected chi connectivity index (χ1v) is 6.18. The Bertz CT molecular complexity index is 334. The summed E-state index contributed by atoms with van der Waals surface area (Å²) in [6.07, 6.45) is 4.81. The molecule has 1 aromatic rings. The number of hydrogen-bond donors (Lipinski definition) is 1. The van der Waals surface area contributed by atoms with Crippen LogP contribution in [-0.2, 0) is 6.42 Å². The summed E-state index contributed by atoms with van der Waals surface area (Å²) in [6.45, 7) is 1.08. The van der Waals surface area contributed by atoms with E-state index < -0.39 is 0 Å². The molecule has 0 atom stereocenters. The van der Waals surface area contributed by atoms with Crippen LogP contribution in [0.1, 0.15) is 24.8 Å². The SMILES string of the molecule is Clc1ccc(Cl)c(CCCNC2CC2)c1. The van der Waals surface area contributed by atoms with Crippen LogP contribution in [0.3, 0.4) is 0 Å². The minimum Gasteiger partial charge on any atom is -0.314 e. The third-order valence-corrected chi connectivity index (χ3v) is 3.24. The van der Waals surface area contributed by atoms with E-state index in [0.717, 1.165) is 41.0 Å². The zero-order valence-electron chi connectivity index (χ0n) is 8.60. The van der Waals surface area contributed by atoms with Gasteiger partial charge in [0.15, 0.2) is 0 Å². The van der Waals surface area contributed by atoms with E-state index in [1.165, 1.54) is 12.8 Å². The molecule has 3 heteroatoms. The molecule has 0 amide bonds. The molecule has 0 radical (unpaired) electrons. The van der Waals surface area contributed by atoms with Crippen molar-refractivity contribution in [1.29, 1.82) is 0 Å². The van der Waals surface area contributed by atoms with E-state index in [-0.39, 0.29) is 0 Å². The van der Waals surface area contributed by atoms with Gasteiger partial charge in [-0.15, -0.1) is 0 Å². The smallest absolute Gasteiger partial charge is 0.0439 e. The number of nitrogens with one attached hydrogen (secondary N) is 1. The van der Waals surface area contributed by atoms with Gasteiger partial charge in [0.1, 0.15) is 0 Å². The van der Waals surface area contributed by atoms with Crippen molar-refractivity contribution < 1.29 is 0 Å². The average molecular weight is 244 g/mol. The van der Waals surface area contributed by atoms with E-state index in [2.05, 4.69) is 5.32 Å². The fourth-order valence-electron chi connectivity index (χ4n) is 1.61. The molecule has 1 nitrogen and oxygen atoms in total. The normalized spacial score (nSPS) is 15.6. The Morgan fingerprint density at radius 2 is 2.07 bits per heavy atom. The van der Waals surface area contributed by atoms with E-state index in [4.69, 9.17) is 23.2 Å². The van der Waals surface area contributed by atoms with E-state index in [1.54, 1.807) is 0 Å². The van der Waals surface area contributed by atoms with Crippen LogP contribution < -0.4 is 5.32 Å². The summed E-state index contributed by atoms with van der Waals surface area (Å²) in [6, 6.07) is 6.45. The van der Waals surface area contributed by atoms with Crippen molar-refractivity contribution in [2.45, 2.75) is 31.7 Å². The van der Waals surface area contributed by atoms with Gasteiger partial charge in [-0.1, -0.05) is 23.2 Å². The molecule has 15 heavy (non-hydrogen) atoms. The molecule has 2 rings (SSSR count). The predicted molar refractivity (Wildman–Crippen MR) is 65.8 cm³/mol. The van der Waals surface area contributed by atoms with Crippen LogP contribution in [0.15, 0.2) is 18.2 Å². The van der Waals surface area contributed by atoms with Gasteiger partial charge in [-0.05, 0) is 56.0 Å². The van der Waals surface area contributed by atoms with Crippen LogP contribution in [0.2, 0.25) is 10.0 Å². The van der Waals surface area contributed by atoms with Gasteiger partial charge >= 0.3 is 0 Å². The lowest BCUT2D eigenvalue weighted by Gasteiger charge is -2.05. The van der Waals surface area contributed by atoms with Gasteiger partial charge in [0.2, 0.25) is 0 Å². The molecule has 0 aromatic heterocycles. The molecular weight excluding hydrogens is 229 g/mol. The predicted octanol–water partition coefficient (Wildman–Crippen LogP) is 3.68. The second kappa shape index (κ2) is 5.20. The van der Waals surface area contributed by atoms with Crippen molar-refractivity contribution in [2.75, 3.05) is 6.54 Å². The van der Waals surface area contributed by atoms with Crippen LogP contribution in [0.4, 0.5) is 0 Å². The Morgan fingerprint density at radius 1 is 1.27 bits per heavy atom. The maximum Gasteiger partial charge on any atom is 0.0439 e. The lowest BCUT2D eigenvalue weighted by atomic mass is 10.1. The maximum atomic E-state index is 6.07. The molecule has 0 aliphatic heterocycles. The molecule has 1 aliphatic rings. The molecule has 0 spiro atoms. The molecule has 1 N–H and O–H groups in total. The summed E-state index contributed by atoms with van der Waals surface area (Å²) < 4.78 is 0. The highest BCUT2D eigenvalue weighted by atomic mass is 35.5. The summed E-state index contributed by atoms with van der Waals surface area (Å²) in [5, 5.41) is 5.08. The van der Waals surface area contributed by atoms with Gasteiger partial charge in [-0.3, -0.25) is 0 Å². The van der Waals surface area contributed by atoms with Crippen LogP contribution in [0, 0.1) is 0 Å². The van der Waals surface area contributed by atoms with Crippen LogP contribution in [-0.4, -0.2) is 12.6 Å². The van der Waals surface area contributed by atoms with Crippen LogP contribution in [0.5, 0.6) is 0 Å². The van der Waals surface area contributed by atoms with Crippen molar-refractivity contribution in [2.24, 2.45) is 0 Å². The summed E-state index contributed by atoms with van der Waals surface area (Å²) in [5.74, 6) is 0. The van der Waals surface area contributed by atoms with E-state index in [1.807, 2.05) is 18.2 Å². The second-order valence-electron chi connectivity index (χ2n) is 4.07. The number of halogens is 2. The molecular formula is C12H15Cl2N. The molecule has 1 saturated carbocycles. The lowest BCUT2D eigenvalue weighted by molar-refractivity contribution is 0.645. The lowest BCUT2D eigenvalue weighted by Crippen LogP contribution is -2.17. The maximum absolute atomic E-state index is 6.07. The molecule has 0 bridgehead atoms. The Labute approximate surface area is 101 Å². The van der Waals surface area contributed by atoms with Crippen LogP contribution >= 0.6 is 23.2 Å². The van der Waals surface area contributed by atoms with E-state index in [0.29, 0.717) is 0 Å². The Kier molecular flexibility index (Phi) is 3.90. The molecule has 1 fully saturated rings. The topological polar surface area (TPSA) is 12.0 Å². The Balaban J connectivity index is 1.78. The molecule has 0 heterocycles. The van der Waals surface area contributed by atoms with Crippen molar-refractivity contribution in [3.63, 3.8) is 0 Å². The molecule has 1 aromatic carbocycles. The van der Waals surface area contributed by atoms with Crippen LogP contribution in [0.25, 0.3) is 0 Å². The fraction of sp³-hybridized carbons (Fsp3) is 0.500. The molecule has 1 aliphatic carbocycles. The summed E-state index contributed by atoms with van der Waals surface area (Å²) >= 11 is 12.0. The van der Waals surface area contributed by atoms with Gasteiger partial charge in [0.05, 0.1) is 0 Å². The second-order valence-corrected chi connectivity index (χ2v) is 4.91. The standard InChI is InChI=1S/C12H15Cl2N/c13-10-3-6-12(14)9(8-10)2-1-7-15-11-4-5-11/h3,6,8,11,15H,1-2,4-5,7H2. The molecule has 82 valence electrons. The van der Waals surface area contributed by atoms with E-state index >= 15 is 0 Å². The zero-order chi connectivity index (χ0) is 10.7. The highest BCUT2D eigenvalue weighted by molar-refractivity contribution is 6.33. The summed E-state index contributed by atoms with van der Waals surface area (Å²) in [4.78, 5) is 0. The highest BCUT2D eigenvalue weighted by Crippen LogP contribution is 2.22. The number of aryl methyl sites for hydroxylation is 1. The summed E-state index contributed by atoms with van der Waals surface area (Å²) in [7, 11) is 0. The van der Waals surface area contributed by atoms with E-state index in [9.17, 15) is 0 Å². The number of benzene rings is 1. The quantitative estimate of drug-likeness (QED) is 0.779. The average Bonchev–Trinajstić information content (AvgIpc) is 3.01. The third kappa shape index (κ3) is 3.67. The monoisotopic (exact) mass is 243 g/mol. The minimum atomic E-state index is 0.768. The fourth-order valence-corrected chi connectivity index (χ4v) is 2.01. The van der Waals surface area contributed by atoms with Crippen molar-refractivity contribution in [3.8, 4) is 0 Å². The van der Waals surface area contributed by atoms with Crippen molar-refractivity contribution >= 4 is 23.2 Å². The minimum absolute atomic E-state index is 0.768. The number of rotatable bonds is 5. The van der Waals surface area contributed by atoms with Gasteiger partial charge in [-0.25, -0.2) is 0 Å².